The predicted octanol–water partition coefficient (Wildman–Crippen LogP) is 3.87. The molecule has 38 heavy (non-hydrogen) atoms. The lowest BCUT2D eigenvalue weighted by Crippen LogP contribution is -2.53. The summed E-state index contributed by atoms with van der Waals surface area (Å²) in [6.45, 7) is 3.13. The number of likely N-dealkylation sites (tertiary alicyclic amines) is 1. The minimum atomic E-state index is -3.38. The zero-order valence-electron chi connectivity index (χ0n) is 21.9. The molecule has 9 nitrogen and oxygen atoms in total. The second-order valence-corrected chi connectivity index (χ2v) is 12.1. The number of carbonyl (C=O) groups is 2. The normalized spacial score (nSPS) is 20.4. The minimum absolute atomic E-state index is 0.0727. The highest BCUT2D eigenvalue weighted by molar-refractivity contribution is 7.88. The molecule has 1 saturated heterocycles. The van der Waals surface area contributed by atoms with Gasteiger partial charge in [-0.2, -0.15) is 5.26 Å². The van der Waals surface area contributed by atoms with E-state index in [1.807, 2.05) is 42.2 Å². The van der Waals surface area contributed by atoms with Crippen LogP contribution in [0, 0.1) is 18.3 Å². The number of nitriles is 1. The smallest absolute Gasteiger partial charge is 0.319 e. The fourth-order valence-corrected chi connectivity index (χ4v) is 6.20. The summed E-state index contributed by atoms with van der Waals surface area (Å²) in [6.07, 6.45) is 6.00. The van der Waals surface area contributed by atoms with Crippen LogP contribution in [0.2, 0.25) is 0 Å². The molecule has 1 saturated carbocycles. The van der Waals surface area contributed by atoms with Gasteiger partial charge in [0.2, 0.25) is 10.0 Å². The molecular weight excluding hydrogens is 502 g/mol. The van der Waals surface area contributed by atoms with Crippen molar-refractivity contribution in [3.63, 3.8) is 0 Å². The Morgan fingerprint density at radius 3 is 2.26 bits per heavy atom. The van der Waals surface area contributed by atoms with Gasteiger partial charge in [0.1, 0.15) is 0 Å². The number of hydrogen-bond acceptors (Lipinski definition) is 5. The number of amides is 3. The van der Waals surface area contributed by atoms with E-state index in [-0.39, 0.29) is 18.0 Å². The van der Waals surface area contributed by atoms with Gasteiger partial charge in [-0.3, -0.25) is 4.79 Å². The molecule has 0 bridgehead atoms. The van der Waals surface area contributed by atoms with Crippen molar-refractivity contribution in [3.8, 4) is 6.07 Å². The number of rotatable bonds is 6. The maximum absolute atomic E-state index is 13.3. The molecule has 0 radical (unpaired) electrons. The Bertz CT molecular complexity index is 1310. The minimum Gasteiger partial charge on any atom is -0.339 e. The first kappa shape index (κ1) is 27.6. The number of aryl methyl sites for hydroxylation is 1. The van der Waals surface area contributed by atoms with Crippen molar-refractivity contribution >= 4 is 27.6 Å². The van der Waals surface area contributed by atoms with Gasteiger partial charge < -0.3 is 15.5 Å². The summed E-state index contributed by atoms with van der Waals surface area (Å²) in [4.78, 5) is 27.9. The Morgan fingerprint density at radius 1 is 0.974 bits per heavy atom. The van der Waals surface area contributed by atoms with E-state index in [1.165, 1.54) is 5.56 Å². The second kappa shape index (κ2) is 12.0. The van der Waals surface area contributed by atoms with Crippen LogP contribution in [-0.2, 0) is 10.0 Å². The Kier molecular flexibility index (Phi) is 8.69. The molecule has 2 aromatic carbocycles. The van der Waals surface area contributed by atoms with E-state index >= 15 is 0 Å². The summed E-state index contributed by atoms with van der Waals surface area (Å²) < 4.78 is 26.1. The number of urea groups is 1. The van der Waals surface area contributed by atoms with Crippen molar-refractivity contribution in [1.29, 1.82) is 5.26 Å². The number of nitrogens with zero attached hydrogens (tertiary/aromatic N) is 2. The van der Waals surface area contributed by atoms with Crippen molar-refractivity contribution in [2.75, 3.05) is 24.7 Å². The third kappa shape index (κ3) is 7.11. The highest BCUT2D eigenvalue weighted by Crippen LogP contribution is 2.29. The Morgan fingerprint density at radius 2 is 1.63 bits per heavy atom. The maximum atomic E-state index is 13.3. The van der Waals surface area contributed by atoms with Crippen LogP contribution in [0.4, 0.5) is 10.5 Å². The lowest BCUT2D eigenvalue weighted by atomic mass is 9.89. The molecule has 3 amide bonds. The van der Waals surface area contributed by atoms with Gasteiger partial charge in [0.25, 0.3) is 5.91 Å². The molecule has 1 aliphatic heterocycles. The molecule has 0 aromatic heterocycles. The Hall–Kier alpha value is -3.42. The van der Waals surface area contributed by atoms with E-state index in [2.05, 4.69) is 21.4 Å². The molecule has 0 spiro atoms. The Balaban J connectivity index is 1.36. The van der Waals surface area contributed by atoms with Gasteiger partial charge >= 0.3 is 6.03 Å². The van der Waals surface area contributed by atoms with Gasteiger partial charge in [0.15, 0.2) is 0 Å². The number of carbonyl (C=O) groups excluding carboxylic acids is 2. The molecule has 2 atom stereocenters. The largest absolute Gasteiger partial charge is 0.339 e. The fraction of sp³-hybridized carbons (Fsp3) is 0.464. The van der Waals surface area contributed by atoms with Crippen LogP contribution in [0.15, 0.2) is 42.5 Å². The molecule has 2 aromatic rings. The molecule has 2 aliphatic rings. The van der Waals surface area contributed by atoms with Gasteiger partial charge in [-0.1, -0.05) is 31.0 Å². The maximum Gasteiger partial charge on any atom is 0.319 e. The zero-order chi connectivity index (χ0) is 27.3. The highest BCUT2D eigenvalue weighted by atomic mass is 32.2. The Labute approximate surface area is 224 Å². The average Bonchev–Trinajstić information content (AvgIpc) is 2.90. The zero-order valence-corrected chi connectivity index (χ0v) is 22.7. The van der Waals surface area contributed by atoms with Crippen molar-refractivity contribution < 1.29 is 18.0 Å². The summed E-state index contributed by atoms with van der Waals surface area (Å²) in [7, 11) is -3.38. The molecule has 4 rings (SSSR count). The predicted molar refractivity (Wildman–Crippen MR) is 146 cm³/mol. The van der Waals surface area contributed by atoms with E-state index in [4.69, 9.17) is 5.26 Å². The van der Waals surface area contributed by atoms with Gasteiger partial charge in [0, 0.05) is 36.4 Å². The first-order valence-electron chi connectivity index (χ1n) is 13.1. The quantitative estimate of drug-likeness (QED) is 0.515. The number of piperidine rings is 1. The summed E-state index contributed by atoms with van der Waals surface area (Å²) >= 11 is 0. The molecule has 3 N–H and O–H groups in total. The van der Waals surface area contributed by atoms with Crippen LogP contribution >= 0.6 is 0 Å². The molecule has 202 valence electrons. The summed E-state index contributed by atoms with van der Waals surface area (Å²) in [5.41, 5.74) is 3.71. The van der Waals surface area contributed by atoms with Crippen molar-refractivity contribution in [1.82, 2.24) is 14.9 Å². The topological polar surface area (TPSA) is 131 Å². The molecule has 1 aliphatic carbocycles. The number of anilines is 1. The molecule has 0 unspecified atom stereocenters. The fourth-order valence-electron chi connectivity index (χ4n) is 5.36. The van der Waals surface area contributed by atoms with Gasteiger partial charge in [-0.05, 0) is 73.9 Å². The average molecular weight is 538 g/mol. The van der Waals surface area contributed by atoms with Gasteiger partial charge in [-0.25, -0.2) is 17.9 Å². The summed E-state index contributed by atoms with van der Waals surface area (Å²) in [6, 6.07) is 14.0. The molecule has 1 heterocycles. The number of nitrogens with one attached hydrogen (secondary N) is 3. The SMILES string of the molecule is Cc1ccc(C(=O)N2CCC(c3ccc(C#N)cc3)CC2)cc1NC(=O)N[C@H]1CCCC[C@@H]1NS(C)(=O)=O. The van der Waals surface area contributed by atoms with E-state index in [1.54, 1.807) is 12.1 Å². The lowest BCUT2D eigenvalue weighted by Gasteiger charge is -2.33. The second-order valence-electron chi connectivity index (χ2n) is 10.3. The lowest BCUT2D eigenvalue weighted by molar-refractivity contribution is 0.0713. The standard InChI is InChI=1S/C28H35N5O4S/c1-19-7-10-23(27(34)33-15-13-22(14-16-33)21-11-8-20(18-29)9-12-21)17-26(19)31-28(35)30-24-5-3-4-6-25(24)32-38(2,36)37/h7-12,17,22,24-25,32H,3-6,13-16H2,1-2H3,(H2,30,31,35)/t24-,25-/m0/s1. The van der Waals surface area contributed by atoms with Gasteiger partial charge in [-0.15, -0.1) is 0 Å². The summed E-state index contributed by atoms with van der Waals surface area (Å²) in [5.74, 6) is 0.281. The third-order valence-corrected chi connectivity index (χ3v) is 8.20. The highest BCUT2D eigenvalue weighted by Gasteiger charge is 2.29. The molecule has 2 fully saturated rings. The first-order valence-corrected chi connectivity index (χ1v) is 15.0. The van der Waals surface area contributed by atoms with Crippen molar-refractivity contribution in [2.24, 2.45) is 0 Å². The van der Waals surface area contributed by atoms with Crippen LogP contribution in [-0.4, -0.2) is 56.7 Å². The van der Waals surface area contributed by atoms with E-state index in [9.17, 15) is 18.0 Å². The number of benzene rings is 2. The van der Waals surface area contributed by atoms with Crippen LogP contribution in [0.1, 0.15) is 71.5 Å². The molecular formula is C28H35N5O4S. The van der Waals surface area contributed by atoms with E-state index < -0.39 is 16.1 Å². The summed E-state index contributed by atoms with van der Waals surface area (Å²) in [5, 5.41) is 14.8. The van der Waals surface area contributed by atoms with Gasteiger partial charge in [0.05, 0.1) is 17.9 Å². The van der Waals surface area contributed by atoms with Crippen molar-refractivity contribution in [2.45, 2.75) is 63.5 Å². The number of hydrogen-bond donors (Lipinski definition) is 3. The first-order chi connectivity index (χ1) is 18.1. The van der Waals surface area contributed by atoms with Crippen LogP contribution in [0.25, 0.3) is 0 Å². The van der Waals surface area contributed by atoms with Crippen molar-refractivity contribution in [3.05, 3.63) is 64.7 Å². The van der Waals surface area contributed by atoms with E-state index in [0.29, 0.717) is 48.7 Å². The monoisotopic (exact) mass is 537 g/mol. The van der Waals surface area contributed by atoms with Crippen LogP contribution in [0.3, 0.4) is 0 Å². The third-order valence-electron chi connectivity index (χ3n) is 7.47. The van der Waals surface area contributed by atoms with E-state index in [0.717, 1.165) is 37.5 Å². The number of sulfonamides is 1. The molecule has 10 heteroatoms. The van der Waals surface area contributed by atoms with Crippen LogP contribution < -0.4 is 15.4 Å². The van der Waals surface area contributed by atoms with Crippen LogP contribution in [0.5, 0.6) is 0 Å².